The number of benzene rings is 1. The zero-order chi connectivity index (χ0) is 11.1. The molecule has 1 fully saturated rings. The van der Waals surface area contributed by atoms with E-state index < -0.39 is 0 Å². The van der Waals surface area contributed by atoms with Gasteiger partial charge in [0.25, 0.3) is 0 Å². The van der Waals surface area contributed by atoms with E-state index in [4.69, 9.17) is 4.42 Å². The monoisotopic (exact) mass is 219 g/mol. The topological polar surface area (TPSA) is 42.2 Å². The molecule has 1 amide bonds. The lowest BCUT2D eigenvalue weighted by atomic mass is 9.96. The average Bonchev–Trinajstić information content (AvgIpc) is 2.84. The van der Waals surface area contributed by atoms with Gasteiger partial charge < -0.3 is 9.73 Å². The third kappa shape index (κ3) is 1.38. The van der Waals surface area contributed by atoms with Gasteiger partial charge >= 0.3 is 0 Å². The highest BCUT2D eigenvalue weighted by Gasteiger charge is 2.25. The molecular formula is C12H10FNO2. The van der Waals surface area contributed by atoms with Gasteiger partial charge in [0.15, 0.2) is 0 Å². The smallest absolute Gasteiger partial charge is 0.220 e. The first kappa shape index (κ1) is 9.39. The third-order valence-corrected chi connectivity index (χ3v) is 2.99. The number of furan rings is 1. The molecule has 0 radical (unpaired) electrons. The maximum atomic E-state index is 13.8. The Balaban J connectivity index is 2.08. The molecule has 82 valence electrons. The number of hydrogen-bond acceptors (Lipinski definition) is 2. The zero-order valence-corrected chi connectivity index (χ0v) is 8.50. The second-order valence-electron chi connectivity index (χ2n) is 4.04. The number of carbonyl (C=O) groups is 1. The van der Waals surface area contributed by atoms with E-state index in [0.29, 0.717) is 24.1 Å². The van der Waals surface area contributed by atoms with Gasteiger partial charge in [0.1, 0.15) is 11.4 Å². The Morgan fingerprint density at radius 3 is 3.06 bits per heavy atom. The Hall–Kier alpha value is -1.84. The van der Waals surface area contributed by atoms with Gasteiger partial charge in [0, 0.05) is 30.3 Å². The van der Waals surface area contributed by atoms with Gasteiger partial charge in [-0.1, -0.05) is 0 Å². The molecule has 3 nitrogen and oxygen atoms in total. The van der Waals surface area contributed by atoms with Gasteiger partial charge in [-0.3, -0.25) is 4.79 Å². The summed E-state index contributed by atoms with van der Waals surface area (Å²) in [5.41, 5.74) is 1.13. The maximum Gasteiger partial charge on any atom is 0.220 e. The van der Waals surface area contributed by atoms with Crippen molar-refractivity contribution in [3.8, 4) is 0 Å². The van der Waals surface area contributed by atoms with Gasteiger partial charge in [0.05, 0.1) is 6.26 Å². The fraction of sp³-hybridized carbons (Fsp3) is 0.250. The molecule has 16 heavy (non-hydrogen) atoms. The summed E-state index contributed by atoms with van der Waals surface area (Å²) in [6.07, 6.45) is 1.90. The van der Waals surface area contributed by atoms with Crippen LogP contribution >= 0.6 is 0 Å². The predicted molar refractivity (Wildman–Crippen MR) is 56.5 cm³/mol. The molecule has 1 saturated heterocycles. The van der Waals surface area contributed by atoms with Crippen LogP contribution in [0.25, 0.3) is 11.0 Å². The van der Waals surface area contributed by atoms with Crippen molar-refractivity contribution in [1.82, 2.24) is 5.32 Å². The quantitative estimate of drug-likeness (QED) is 0.798. The summed E-state index contributed by atoms with van der Waals surface area (Å²) in [5.74, 6) is -0.382. The van der Waals surface area contributed by atoms with E-state index in [-0.39, 0.29) is 17.6 Å². The second-order valence-corrected chi connectivity index (χ2v) is 4.04. The molecule has 0 spiro atoms. The van der Waals surface area contributed by atoms with Crippen LogP contribution in [0.5, 0.6) is 0 Å². The second kappa shape index (κ2) is 3.33. The summed E-state index contributed by atoms with van der Waals surface area (Å²) in [7, 11) is 0. The Morgan fingerprint density at radius 2 is 2.31 bits per heavy atom. The van der Waals surface area contributed by atoms with Crippen LogP contribution in [0, 0.1) is 5.82 Å². The van der Waals surface area contributed by atoms with Crippen LogP contribution in [0.4, 0.5) is 4.39 Å². The molecule has 4 heteroatoms. The number of nitrogens with one attached hydrogen (secondary N) is 1. The Labute approximate surface area is 91.2 Å². The maximum absolute atomic E-state index is 13.8. The largest absolute Gasteiger partial charge is 0.464 e. The lowest BCUT2D eigenvalue weighted by Crippen LogP contribution is -2.13. The summed E-state index contributed by atoms with van der Waals surface area (Å²) in [5, 5.41) is 3.58. The number of hydrogen-bond donors (Lipinski definition) is 1. The van der Waals surface area contributed by atoms with Crippen LogP contribution in [-0.4, -0.2) is 12.5 Å². The number of amides is 1. The van der Waals surface area contributed by atoms with Crippen LogP contribution in [0.2, 0.25) is 0 Å². The van der Waals surface area contributed by atoms with Crippen molar-refractivity contribution in [1.29, 1.82) is 0 Å². The van der Waals surface area contributed by atoms with Crippen LogP contribution in [0.3, 0.4) is 0 Å². The van der Waals surface area contributed by atoms with E-state index in [9.17, 15) is 9.18 Å². The van der Waals surface area contributed by atoms with Crippen molar-refractivity contribution in [3.05, 3.63) is 35.8 Å². The van der Waals surface area contributed by atoms with Crippen molar-refractivity contribution in [2.24, 2.45) is 0 Å². The SMILES string of the molecule is O=C1C[C@H](c2cc3ccoc3cc2F)CN1. The van der Waals surface area contributed by atoms with E-state index in [1.54, 1.807) is 12.1 Å². The summed E-state index contributed by atoms with van der Waals surface area (Å²) in [6.45, 7) is 0.513. The van der Waals surface area contributed by atoms with Crippen LogP contribution in [-0.2, 0) is 4.79 Å². The number of carbonyl (C=O) groups excluding carboxylic acids is 1. The van der Waals surface area contributed by atoms with E-state index in [1.165, 1.54) is 12.3 Å². The minimum atomic E-state index is -0.302. The predicted octanol–water partition coefficient (Wildman–Crippen LogP) is 2.18. The normalized spacial score (nSPS) is 20.3. The summed E-state index contributed by atoms with van der Waals surface area (Å²) in [4.78, 5) is 11.1. The first-order valence-electron chi connectivity index (χ1n) is 5.17. The fourth-order valence-corrected chi connectivity index (χ4v) is 2.14. The average molecular weight is 219 g/mol. The van der Waals surface area contributed by atoms with E-state index in [1.807, 2.05) is 0 Å². The van der Waals surface area contributed by atoms with Crippen molar-refractivity contribution < 1.29 is 13.6 Å². The Bertz CT molecular complexity index is 561. The van der Waals surface area contributed by atoms with Gasteiger partial charge in [-0.15, -0.1) is 0 Å². The molecule has 0 saturated carbocycles. The van der Waals surface area contributed by atoms with Crippen molar-refractivity contribution in [3.63, 3.8) is 0 Å². The molecule has 0 bridgehead atoms. The Morgan fingerprint density at radius 1 is 1.44 bits per heavy atom. The molecule has 1 N–H and O–H groups in total. The van der Waals surface area contributed by atoms with Crippen molar-refractivity contribution in [2.45, 2.75) is 12.3 Å². The van der Waals surface area contributed by atoms with Crippen molar-refractivity contribution >= 4 is 16.9 Å². The first-order valence-corrected chi connectivity index (χ1v) is 5.17. The molecule has 0 aliphatic carbocycles. The zero-order valence-electron chi connectivity index (χ0n) is 8.50. The molecular weight excluding hydrogens is 209 g/mol. The van der Waals surface area contributed by atoms with Crippen LogP contribution in [0.1, 0.15) is 17.9 Å². The van der Waals surface area contributed by atoms with Gasteiger partial charge in [0.2, 0.25) is 5.91 Å². The van der Waals surface area contributed by atoms with Crippen LogP contribution in [0.15, 0.2) is 28.9 Å². The van der Waals surface area contributed by atoms with E-state index in [2.05, 4.69) is 5.32 Å². The highest BCUT2D eigenvalue weighted by Crippen LogP contribution is 2.29. The van der Waals surface area contributed by atoms with Gasteiger partial charge in [-0.05, 0) is 17.7 Å². The molecule has 1 aliphatic heterocycles. The number of halogens is 1. The summed E-state index contributed by atoms with van der Waals surface area (Å²) >= 11 is 0. The lowest BCUT2D eigenvalue weighted by molar-refractivity contribution is -0.119. The van der Waals surface area contributed by atoms with Gasteiger partial charge in [-0.25, -0.2) is 4.39 Å². The molecule has 2 aromatic rings. The summed E-state index contributed by atoms with van der Waals surface area (Å²) < 4.78 is 18.9. The first-order chi connectivity index (χ1) is 7.74. The minimum absolute atomic E-state index is 0.0170. The number of fused-ring (bicyclic) bond motifs is 1. The standard InChI is InChI=1S/C12H10FNO2/c13-10-5-11-7(1-2-16-11)3-9(10)8-4-12(15)14-6-8/h1-3,5,8H,4,6H2,(H,14,15)/t8-/m0/s1. The lowest BCUT2D eigenvalue weighted by Gasteiger charge is -2.08. The molecule has 0 unspecified atom stereocenters. The fourth-order valence-electron chi connectivity index (χ4n) is 2.14. The molecule has 3 rings (SSSR count). The molecule has 1 atom stereocenters. The minimum Gasteiger partial charge on any atom is -0.464 e. The molecule has 1 aromatic heterocycles. The van der Waals surface area contributed by atoms with Gasteiger partial charge in [-0.2, -0.15) is 0 Å². The Kier molecular flexibility index (Phi) is 1.96. The molecule has 2 heterocycles. The molecule has 1 aliphatic rings. The highest BCUT2D eigenvalue weighted by molar-refractivity contribution is 5.81. The highest BCUT2D eigenvalue weighted by atomic mass is 19.1. The van der Waals surface area contributed by atoms with Crippen LogP contribution < -0.4 is 5.32 Å². The van der Waals surface area contributed by atoms with Crippen molar-refractivity contribution in [2.75, 3.05) is 6.54 Å². The third-order valence-electron chi connectivity index (χ3n) is 2.99. The van der Waals surface area contributed by atoms with E-state index in [0.717, 1.165) is 5.39 Å². The molecule has 1 aromatic carbocycles. The number of rotatable bonds is 1. The van der Waals surface area contributed by atoms with E-state index >= 15 is 0 Å². The summed E-state index contributed by atoms with van der Waals surface area (Å²) in [6, 6.07) is 4.94.